The maximum absolute atomic E-state index is 12.7. The Kier molecular flexibility index (Phi) is 4.56. The topological polar surface area (TPSA) is 115 Å². The number of benzene rings is 1. The van der Waals surface area contributed by atoms with Gasteiger partial charge in [0.15, 0.2) is 16.8 Å². The molecule has 1 aromatic carbocycles. The molecule has 3 aromatic heterocycles. The van der Waals surface area contributed by atoms with Crippen molar-refractivity contribution in [2.24, 2.45) is 0 Å². The number of carboxylic acids is 1. The van der Waals surface area contributed by atoms with E-state index in [0.29, 0.717) is 24.1 Å². The average molecular weight is 378 g/mol. The first-order valence-electron chi connectivity index (χ1n) is 9.00. The summed E-state index contributed by atoms with van der Waals surface area (Å²) in [4.78, 5) is 27.8. The SMILES string of the molecule is CCc1nn2c(nnc3c(=O)n(CCCC(=O)O)cnc32)c1-c1ccccc1. The molecule has 0 aliphatic carbocycles. The van der Waals surface area contributed by atoms with Crippen LogP contribution < -0.4 is 5.56 Å². The number of aliphatic carboxylic acids is 1. The second-order valence-electron chi connectivity index (χ2n) is 6.39. The Morgan fingerprint density at radius 3 is 2.64 bits per heavy atom. The molecule has 0 saturated carbocycles. The van der Waals surface area contributed by atoms with Crippen LogP contribution >= 0.6 is 0 Å². The van der Waals surface area contributed by atoms with E-state index in [0.717, 1.165) is 16.8 Å². The monoisotopic (exact) mass is 378 g/mol. The fraction of sp³-hybridized carbons (Fsp3) is 0.263. The molecular formula is C19H18N6O3. The van der Waals surface area contributed by atoms with Gasteiger partial charge in [-0.15, -0.1) is 10.2 Å². The molecule has 28 heavy (non-hydrogen) atoms. The third kappa shape index (κ3) is 3.00. The second-order valence-corrected chi connectivity index (χ2v) is 6.39. The van der Waals surface area contributed by atoms with Gasteiger partial charge in [0, 0.05) is 13.0 Å². The van der Waals surface area contributed by atoms with Crippen molar-refractivity contribution in [2.75, 3.05) is 0 Å². The van der Waals surface area contributed by atoms with Crippen LogP contribution in [0.15, 0.2) is 41.5 Å². The summed E-state index contributed by atoms with van der Waals surface area (Å²) in [6.45, 7) is 2.26. The second kappa shape index (κ2) is 7.18. The highest BCUT2D eigenvalue weighted by atomic mass is 16.4. The number of carboxylic acid groups (broad SMARTS) is 1. The Morgan fingerprint density at radius 2 is 1.93 bits per heavy atom. The van der Waals surface area contributed by atoms with Gasteiger partial charge >= 0.3 is 5.97 Å². The number of fused-ring (bicyclic) bond motifs is 3. The first-order valence-corrected chi connectivity index (χ1v) is 9.00. The maximum atomic E-state index is 12.7. The van der Waals surface area contributed by atoms with Gasteiger partial charge in [-0.2, -0.15) is 9.61 Å². The first-order chi connectivity index (χ1) is 13.6. The Bertz CT molecular complexity index is 1230. The molecule has 0 saturated heterocycles. The molecule has 0 amide bonds. The number of hydrogen-bond donors (Lipinski definition) is 1. The van der Waals surface area contributed by atoms with Crippen LogP contribution in [-0.4, -0.2) is 40.4 Å². The zero-order chi connectivity index (χ0) is 19.7. The lowest BCUT2D eigenvalue weighted by molar-refractivity contribution is -0.137. The molecule has 0 spiro atoms. The number of rotatable bonds is 6. The highest BCUT2D eigenvalue weighted by molar-refractivity contribution is 5.83. The molecule has 0 aliphatic rings. The quantitative estimate of drug-likeness (QED) is 0.545. The molecule has 0 aliphatic heterocycles. The summed E-state index contributed by atoms with van der Waals surface area (Å²) in [6.07, 6.45) is 2.41. The highest BCUT2D eigenvalue weighted by Gasteiger charge is 2.19. The minimum atomic E-state index is -0.902. The molecule has 4 rings (SSSR count). The van der Waals surface area contributed by atoms with Crippen LogP contribution in [0.4, 0.5) is 0 Å². The van der Waals surface area contributed by atoms with Crippen molar-refractivity contribution in [1.82, 2.24) is 29.4 Å². The summed E-state index contributed by atoms with van der Waals surface area (Å²) in [5.41, 5.74) is 3.33. The van der Waals surface area contributed by atoms with Crippen LogP contribution in [0.5, 0.6) is 0 Å². The fourth-order valence-electron chi connectivity index (χ4n) is 3.21. The summed E-state index contributed by atoms with van der Waals surface area (Å²) in [5.74, 6) is -0.902. The number of carbonyl (C=O) groups is 1. The van der Waals surface area contributed by atoms with Crippen LogP contribution in [-0.2, 0) is 17.8 Å². The molecular weight excluding hydrogens is 360 g/mol. The Labute approximate surface area is 159 Å². The molecule has 9 nitrogen and oxygen atoms in total. The molecule has 9 heteroatoms. The molecule has 142 valence electrons. The smallest absolute Gasteiger partial charge is 0.303 e. The number of aryl methyl sites for hydroxylation is 2. The van der Waals surface area contributed by atoms with Crippen molar-refractivity contribution in [2.45, 2.75) is 32.7 Å². The van der Waals surface area contributed by atoms with Crippen molar-refractivity contribution >= 4 is 22.8 Å². The summed E-state index contributed by atoms with van der Waals surface area (Å²) in [6, 6.07) is 9.80. The standard InChI is InChI=1S/C19H18N6O3/c1-2-13-15(12-7-4-3-5-8-12)17-22-21-16-18(25(17)23-13)20-11-24(19(16)28)10-6-9-14(26)27/h3-5,7-8,11H,2,6,9-10H2,1H3,(H,26,27). The number of aromatic nitrogens is 6. The van der Waals surface area contributed by atoms with Gasteiger partial charge in [-0.1, -0.05) is 37.3 Å². The maximum Gasteiger partial charge on any atom is 0.303 e. The summed E-state index contributed by atoms with van der Waals surface area (Å²) in [7, 11) is 0. The summed E-state index contributed by atoms with van der Waals surface area (Å²) in [5, 5.41) is 21.8. The van der Waals surface area contributed by atoms with E-state index in [1.165, 1.54) is 10.9 Å². The van der Waals surface area contributed by atoms with E-state index < -0.39 is 5.97 Å². The average Bonchev–Trinajstić information content (AvgIpc) is 3.09. The van der Waals surface area contributed by atoms with Crippen LogP contribution in [0.25, 0.3) is 27.9 Å². The van der Waals surface area contributed by atoms with Gasteiger partial charge in [-0.25, -0.2) is 4.98 Å². The van der Waals surface area contributed by atoms with Gasteiger partial charge < -0.3 is 5.11 Å². The molecule has 0 unspecified atom stereocenters. The predicted octanol–water partition coefficient (Wildman–Crippen LogP) is 1.93. The largest absolute Gasteiger partial charge is 0.481 e. The fourth-order valence-corrected chi connectivity index (χ4v) is 3.21. The molecule has 4 aromatic rings. The van der Waals surface area contributed by atoms with E-state index >= 15 is 0 Å². The van der Waals surface area contributed by atoms with Crippen LogP contribution in [0.3, 0.4) is 0 Å². The molecule has 0 bridgehead atoms. The van der Waals surface area contributed by atoms with Gasteiger partial charge in [0.1, 0.15) is 6.33 Å². The number of nitrogens with zero attached hydrogens (tertiary/aromatic N) is 6. The van der Waals surface area contributed by atoms with Crippen LogP contribution in [0.1, 0.15) is 25.5 Å². The van der Waals surface area contributed by atoms with Gasteiger partial charge in [0.05, 0.1) is 11.3 Å². The van der Waals surface area contributed by atoms with Crippen LogP contribution in [0, 0.1) is 0 Å². The van der Waals surface area contributed by atoms with E-state index in [1.54, 1.807) is 4.52 Å². The van der Waals surface area contributed by atoms with E-state index in [2.05, 4.69) is 20.3 Å². The van der Waals surface area contributed by atoms with Crippen LogP contribution in [0.2, 0.25) is 0 Å². The van der Waals surface area contributed by atoms with Gasteiger partial charge in [-0.3, -0.25) is 14.2 Å². The molecule has 0 fully saturated rings. The lowest BCUT2D eigenvalue weighted by atomic mass is 10.0. The Balaban J connectivity index is 1.87. The van der Waals surface area contributed by atoms with Crippen molar-refractivity contribution in [3.8, 4) is 11.1 Å². The lowest BCUT2D eigenvalue weighted by Gasteiger charge is -2.05. The predicted molar refractivity (Wildman–Crippen MR) is 102 cm³/mol. The first kappa shape index (κ1) is 17.8. The van der Waals surface area contributed by atoms with Gasteiger partial charge in [0.2, 0.25) is 0 Å². The van der Waals surface area contributed by atoms with E-state index in [1.807, 2.05) is 37.3 Å². The normalized spacial score (nSPS) is 11.3. The van der Waals surface area contributed by atoms with Crippen molar-refractivity contribution in [3.05, 3.63) is 52.7 Å². The molecule has 0 radical (unpaired) electrons. The lowest BCUT2D eigenvalue weighted by Crippen LogP contribution is -2.23. The Morgan fingerprint density at radius 1 is 1.14 bits per heavy atom. The van der Waals surface area contributed by atoms with E-state index in [-0.39, 0.29) is 24.0 Å². The zero-order valence-electron chi connectivity index (χ0n) is 15.2. The third-order valence-corrected chi connectivity index (χ3v) is 4.56. The van der Waals surface area contributed by atoms with Crippen molar-refractivity contribution in [1.29, 1.82) is 0 Å². The summed E-state index contributed by atoms with van der Waals surface area (Å²) >= 11 is 0. The molecule has 0 atom stereocenters. The van der Waals surface area contributed by atoms with E-state index in [9.17, 15) is 9.59 Å². The minimum Gasteiger partial charge on any atom is -0.481 e. The van der Waals surface area contributed by atoms with Crippen molar-refractivity contribution < 1.29 is 9.90 Å². The molecule has 3 heterocycles. The van der Waals surface area contributed by atoms with E-state index in [4.69, 9.17) is 5.11 Å². The highest BCUT2D eigenvalue weighted by Crippen LogP contribution is 2.28. The van der Waals surface area contributed by atoms with Gasteiger partial charge in [-0.05, 0) is 18.4 Å². The number of hydrogen-bond acceptors (Lipinski definition) is 6. The molecule has 1 N–H and O–H groups in total. The van der Waals surface area contributed by atoms with Gasteiger partial charge in [0.25, 0.3) is 5.56 Å². The summed E-state index contributed by atoms with van der Waals surface area (Å²) < 4.78 is 2.92. The third-order valence-electron chi connectivity index (χ3n) is 4.56. The Hall–Kier alpha value is -3.62. The zero-order valence-corrected chi connectivity index (χ0v) is 15.2. The minimum absolute atomic E-state index is 0.0192. The van der Waals surface area contributed by atoms with Crippen molar-refractivity contribution in [3.63, 3.8) is 0 Å².